The second-order valence-electron chi connectivity index (χ2n) is 7.21. The van der Waals surface area contributed by atoms with Gasteiger partial charge in [0.25, 0.3) is 5.91 Å². The minimum absolute atomic E-state index is 0.0317. The first-order valence-corrected chi connectivity index (χ1v) is 9.76. The van der Waals surface area contributed by atoms with Crippen LogP contribution in [0.1, 0.15) is 28.9 Å². The van der Waals surface area contributed by atoms with Crippen molar-refractivity contribution in [2.24, 2.45) is 5.92 Å². The van der Waals surface area contributed by atoms with E-state index in [0.29, 0.717) is 38.2 Å². The van der Waals surface area contributed by atoms with Crippen LogP contribution in [0.4, 0.5) is 0 Å². The van der Waals surface area contributed by atoms with Crippen LogP contribution in [0.5, 0.6) is 0 Å². The Labute approximate surface area is 163 Å². The highest BCUT2D eigenvalue weighted by Crippen LogP contribution is 2.22. The maximum absolute atomic E-state index is 12.8. The van der Waals surface area contributed by atoms with Crippen LogP contribution in [-0.4, -0.2) is 46.5 Å². The predicted molar refractivity (Wildman–Crippen MR) is 108 cm³/mol. The molecule has 1 aliphatic heterocycles. The molecule has 4 rings (SSSR count). The van der Waals surface area contributed by atoms with Gasteiger partial charge in [-0.1, -0.05) is 48.5 Å². The zero-order chi connectivity index (χ0) is 19.3. The molecule has 3 aromatic rings. The molecule has 2 amide bonds. The summed E-state index contributed by atoms with van der Waals surface area (Å²) in [6.45, 7) is 1.80. The number of hydrogen-bond donors (Lipinski definition) is 2. The van der Waals surface area contributed by atoms with E-state index in [-0.39, 0.29) is 17.7 Å². The predicted octanol–water partition coefficient (Wildman–Crippen LogP) is 2.77. The standard InChI is InChI=1S/C22H24N4O2/c27-21(23-13-10-16-6-2-1-3-7-16)17-11-14-26(15-12-17)22(28)20-18-8-4-5-9-19(18)24-25-20/h1-9,17H,10-15H2,(H,23,27)(H,24,25). The molecule has 2 aromatic carbocycles. The fourth-order valence-corrected chi connectivity index (χ4v) is 3.74. The molecule has 1 fully saturated rings. The van der Waals surface area contributed by atoms with E-state index in [0.717, 1.165) is 17.3 Å². The highest BCUT2D eigenvalue weighted by molar-refractivity contribution is 6.04. The van der Waals surface area contributed by atoms with E-state index in [2.05, 4.69) is 27.6 Å². The molecule has 0 saturated carbocycles. The van der Waals surface area contributed by atoms with E-state index in [1.807, 2.05) is 42.5 Å². The van der Waals surface area contributed by atoms with Crippen molar-refractivity contribution in [3.05, 3.63) is 65.9 Å². The fraction of sp³-hybridized carbons (Fsp3) is 0.318. The van der Waals surface area contributed by atoms with E-state index in [1.54, 1.807) is 4.90 Å². The molecule has 28 heavy (non-hydrogen) atoms. The first-order valence-electron chi connectivity index (χ1n) is 9.76. The molecule has 1 saturated heterocycles. The summed E-state index contributed by atoms with van der Waals surface area (Å²) in [5, 5.41) is 11.0. The molecule has 0 bridgehead atoms. The smallest absolute Gasteiger partial charge is 0.274 e. The largest absolute Gasteiger partial charge is 0.356 e. The Kier molecular flexibility index (Phi) is 5.37. The second-order valence-corrected chi connectivity index (χ2v) is 7.21. The summed E-state index contributed by atoms with van der Waals surface area (Å²) in [6.07, 6.45) is 2.20. The number of piperidine rings is 1. The van der Waals surface area contributed by atoms with Crippen LogP contribution in [-0.2, 0) is 11.2 Å². The van der Waals surface area contributed by atoms with Crippen molar-refractivity contribution in [3.63, 3.8) is 0 Å². The lowest BCUT2D eigenvalue weighted by molar-refractivity contribution is -0.126. The number of aromatic nitrogens is 2. The van der Waals surface area contributed by atoms with Crippen LogP contribution in [0.3, 0.4) is 0 Å². The van der Waals surface area contributed by atoms with Gasteiger partial charge in [0.15, 0.2) is 5.69 Å². The summed E-state index contributed by atoms with van der Waals surface area (Å²) in [4.78, 5) is 27.1. The molecule has 2 N–H and O–H groups in total. The number of likely N-dealkylation sites (tertiary alicyclic amines) is 1. The summed E-state index contributed by atoms with van der Waals surface area (Å²) in [5.41, 5.74) is 2.54. The minimum Gasteiger partial charge on any atom is -0.356 e. The van der Waals surface area contributed by atoms with Crippen LogP contribution in [0.2, 0.25) is 0 Å². The molecule has 0 aliphatic carbocycles. The van der Waals surface area contributed by atoms with Crippen molar-refractivity contribution >= 4 is 22.7 Å². The number of carbonyl (C=O) groups excluding carboxylic acids is 2. The zero-order valence-corrected chi connectivity index (χ0v) is 15.7. The number of fused-ring (bicyclic) bond motifs is 1. The van der Waals surface area contributed by atoms with Gasteiger partial charge in [-0.15, -0.1) is 0 Å². The van der Waals surface area contributed by atoms with E-state index in [1.165, 1.54) is 5.56 Å². The minimum atomic E-state index is -0.0691. The van der Waals surface area contributed by atoms with Crippen LogP contribution >= 0.6 is 0 Å². The molecule has 6 nitrogen and oxygen atoms in total. The van der Waals surface area contributed by atoms with E-state index >= 15 is 0 Å². The van der Waals surface area contributed by atoms with Crippen molar-refractivity contribution in [1.82, 2.24) is 20.4 Å². The van der Waals surface area contributed by atoms with Crippen molar-refractivity contribution in [2.45, 2.75) is 19.3 Å². The van der Waals surface area contributed by atoms with Gasteiger partial charge >= 0.3 is 0 Å². The maximum atomic E-state index is 12.8. The summed E-state index contributed by atoms with van der Waals surface area (Å²) in [7, 11) is 0. The number of carbonyl (C=O) groups is 2. The van der Waals surface area contributed by atoms with Crippen LogP contribution in [0.15, 0.2) is 54.6 Å². The Morgan fingerprint density at radius 1 is 1.04 bits per heavy atom. The summed E-state index contributed by atoms with van der Waals surface area (Å²) in [6, 6.07) is 17.8. The fourth-order valence-electron chi connectivity index (χ4n) is 3.74. The Hall–Kier alpha value is -3.15. The summed E-state index contributed by atoms with van der Waals surface area (Å²) >= 11 is 0. The zero-order valence-electron chi connectivity index (χ0n) is 15.7. The third-order valence-corrected chi connectivity index (χ3v) is 5.38. The Bertz CT molecular complexity index is 959. The number of amides is 2. The number of para-hydroxylation sites is 1. The number of nitrogens with zero attached hydrogens (tertiary/aromatic N) is 2. The lowest BCUT2D eigenvalue weighted by Crippen LogP contribution is -2.43. The van der Waals surface area contributed by atoms with Gasteiger partial charge in [0.1, 0.15) is 0 Å². The van der Waals surface area contributed by atoms with Gasteiger partial charge < -0.3 is 10.2 Å². The van der Waals surface area contributed by atoms with Gasteiger partial charge in [-0.25, -0.2) is 0 Å². The molecule has 1 aliphatic rings. The molecule has 2 heterocycles. The lowest BCUT2D eigenvalue weighted by Gasteiger charge is -2.31. The van der Waals surface area contributed by atoms with Crippen LogP contribution < -0.4 is 5.32 Å². The second kappa shape index (κ2) is 8.25. The van der Waals surface area contributed by atoms with Crippen molar-refractivity contribution in [2.75, 3.05) is 19.6 Å². The third-order valence-electron chi connectivity index (χ3n) is 5.38. The van der Waals surface area contributed by atoms with E-state index < -0.39 is 0 Å². The Morgan fingerprint density at radius 3 is 2.54 bits per heavy atom. The lowest BCUT2D eigenvalue weighted by atomic mass is 9.95. The quantitative estimate of drug-likeness (QED) is 0.719. The molecule has 0 spiro atoms. The number of hydrogen-bond acceptors (Lipinski definition) is 3. The highest BCUT2D eigenvalue weighted by atomic mass is 16.2. The number of H-pyrrole nitrogens is 1. The van der Waals surface area contributed by atoms with Crippen molar-refractivity contribution in [1.29, 1.82) is 0 Å². The average molecular weight is 376 g/mol. The molecule has 0 radical (unpaired) electrons. The number of nitrogens with one attached hydrogen (secondary N) is 2. The monoisotopic (exact) mass is 376 g/mol. The van der Waals surface area contributed by atoms with Crippen molar-refractivity contribution in [3.8, 4) is 0 Å². The van der Waals surface area contributed by atoms with Gasteiger partial charge in [-0.3, -0.25) is 14.7 Å². The molecule has 0 unspecified atom stereocenters. The van der Waals surface area contributed by atoms with Gasteiger partial charge in [-0.05, 0) is 30.9 Å². The highest BCUT2D eigenvalue weighted by Gasteiger charge is 2.29. The van der Waals surface area contributed by atoms with Gasteiger partial charge in [0.05, 0.1) is 5.52 Å². The van der Waals surface area contributed by atoms with Gasteiger partial charge in [0.2, 0.25) is 5.91 Å². The Morgan fingerprint density at radius 2 is 1.75 bits per heavy atom. The normalized spacial score (nSPS) is 14.9. The summed E-state index contributed by atoms with van der Waals surface area (Å²) < 4.78 is 0. The number of aromatic amines is 1. The average Bonchev–Trinajstić information content (AvgIpc) is 3.18. The van der Waals surface area contributed by atoms with E-state index in [9.17, 15) is 9.59 Å². The molecule has 144 valence electrons. The third kappa shape index (κ3) is 3.91. The summed E-state index contributed by atoms with van der Waals surface area (Å²) in [5.74, 6) is -0.00983. The van der Waals surface area contributed by atoms with Crippen molar-refractivity contribution < 1.29 is 9.59 Å². The maximum Gasteiger partial charge on any atom is 0.274 e. The molecular formula is C22H24N4O2. The first kappa shape index (κ1) is 18.2. The van der Waals surface area contributed by atoms with Gasteiger partial charge in [-0.2, -0.15) is 5.10 Å². The van der Waals surface area contributed by atoms with Gasteiger partial charge in [0, 0.05) is 30.9 Å². The SMILES string of the molecule is O=C(NCCc1ccccc1)C1CCN(C(=O)c2n[nH]c3ccccc23)CC1. The number of benzene rings is 2. The number of rotatable bonds is 5. The van der Waals surface area contributed by atoms with Crippen LogP contribution in [0.25, 0.3) is 10.9 Å². The molecule has 6 heteroatoms. The Balaban J connectivity index is 1.28. The topological polar surface area (TPSA) is 78.1 Å². The molecule has 0 atom stereocenters. The molecular weight excluding hydrogens is 352 g/mol. The first-order chi connectivity index (χ1) is 13.7. The van der Waals surface area contributed by atoms with Crippen LogP contribution in [0, 0.1) is 5.92 Å². The molecule has 1 aromatic heterocycles. The van der Waals surface area contributed by atoms with E-state index in [4.69, 9.17) is 0 Å².